The minimum atomic E-state index is -1.59. The molecule has 2 N–H and O–H groups in total. The third-order valence-corrected chi connectivity index (χ3v) is 6.57. The van der Waals surface area contributed by atoms with Crippen molar-refractivity contribution < 1.29 is 14.1 Å². The predicted octanol–water partition coefficient (Wildman–Crippen LogP) is 4.70. The summed E-state index contributed by atoms with van der Waals surface area (Å²) in [5.74, 6) is -0.949. The summed E-state index contributed by atoms with van der Waals surface area (Å²) < 4.78 is 15.7. The molecule has 0 amide bonds. The quantitative estimate of drug-likeness (QED) is 0.311. The molecule has 0 aliphatic carbocycles. The fraction of sp³-hybridized carbons (Fsp3) is 0.111. The minimum Gasteiger partial charge on any atom is -0.362 e. The Balaban J connectivity index is 1.80. The Kier molecular flexibility index (Phi) is 5.37. The molecule has 1 aliphatic heterocycles. The number of fused-ring (bicyclic) bond motifs is 1. The molecule has 33 heavy (non-hydrogen) atoms. The topological polar surface area (TPSA) is 59.9 Å². The van der Waals surface area contributed by atoms with Gasteiger partial charge in [0.05, 0.1) is 22.6 Å². The maximum atomic E-state index is 13.8. The third-order valence-electron chi connectivity index (χ3n) is 6.21. The van der Waals surface area contributed by atoms with Crippen LogP contribution in [-0.2, 0) is 5.72 Å². The second-order valence-corrected chi connectivity index (χ2v) is 8.57. The second-order valence-electron chi connectivity index (χ2n) is 8.13. The third kappa shape index (κ3) is 3.66. The zero-order chi connectivity index (χ0) is 23.0. The van der Waals surface area contributed by atoms with Gasteiger partial charge in [-0.3, -0.25) is 0 Å². The molecule has 0 saturated carbocycles. The van der Waals surface area contributed by atoms with Gasteiger partial charge < -0.3 is 10.4 Å². The van der Waals surface area contributed by atoms with E-state index < -0.39 is 17.7 Å². The molecule has 0 fully saturated rings. The zero-order valence-electron chi connectivity index (χ0n) is 17.6. The molecule has 0 unspecified atom stereocenters. The number of nitrogens with zero attached hydrogens (tertiary/aromatic N) is 2. The molecule has 5 rings (SSSR count). The highest BCUT2D eigenvalue weighted by Crippen LogP contribution is 2.47. The Hall–Kier alpha value is -3.66. The summed E-state index contributed by atoms with van der Waals surface area (Å²) in [5.41, 5.74) is 0.119. The number of pyridine rings is 1. The molecule has 162 valence electrons. The first kappa shape index (κ1) is 21.2. The first-order valence-corrected chi connectivity index (χ1v) is 11.0. The fourth-order valence-electron chi connectivity index (χ4n) is 4.66. The van der Waals surface area contributed by atoms with Crippen molar-refractivity contribution in [1.29, 1.82) is 5.26 Å². The van der Waals surface area contributed by atoms with E-state index in [1.54, 1.807) is 12.1 Å². The van der Waals surface area contributed by atoms with E-state index >= 15 is 0 Å². The van der Waals surface area contributed by atoms with E-state index in [2.05, 4.69) is 24.0 Å². The Labute approximate surface area is 196 Å². The molecular formula is C27H21FN3OS+. The first-order chi connectivity index (χ1) is 16.0. The van der Waals surface area contributed by atoms with E-state index in [0.717, 1.165) is 10.8 Å². The van der Waals surface area contributed by atoms with Crippen molar-refractivity contribution in [2.45, 2.75) is 17.7 Å². The number of nitrogens with one attached hydrogen (secondary N) is 1. The van der Waals surface area contributed by atoms with Gasteiger partial charge in [0.1, 0.15) is 5.82 Å². The van der Waals surface area contributed by atoms with E-state index in [1.165, 1.54) is 12.1 Å². The fourth-order valence-corrected chi connectivity index (χ4v) is 5.02. The Morgan fingerprint density at radius 3 is 2.30 bits per heavy atom. The van der Waals surface area contributed by atoms with Gasteiger partial charge in [-0.15, -0.1) is 12.6 Å². The van der Waals surface area contributed by atoms with Gasteiger partial charge in [0.15, 0.2) is 12.4 Å². The van der Waals surface area contributed by atoms with Crippen LogP contribution < -0.4 is 9.88 Å². The normalized spacial score (nSPS) is 22.6. The summed E-state index contributed by atoms with van der Waals surface area (Å²) >= 11 is 4.54. The van der Waals surface area contributed by atoms with Crippen LogP contribution in [0.1, 0.15) is 23.1 Å². The summed E-state index contributed by atoms with van der Waals surface area (Å²) in [6.07, 6.45) is 3.86. The van der Waals surface area contributed by atoms with E-state index in [-0.39, 0.29) is 10.8 Å². The van der Waals surface area contributed by atoms with Crippen molar-refractivity contribution in [3.05, 3.63) is 125 Å². The van der Waals surface area contributed by atoms with Gasteiger partial charge >= 0.3 is 0 Å². The van der Waals surface area contributed by atoms with Crippen LogP contribution in [0.5, 0.6) is 0 Å². The average molecular weight is 455 g/mol. The lowest BCUT2D eigenvalue weighted by atomic mass is 9.75. The molecule has 6 heteroatoms. The van der Waals surface area contributed by atoms with Crippen molar-refractivity contribution in [1.82, 2.24) is 5.32 Å². The van der Waals surface area contributed by atoms with E-state index in [0.29, 0.717) is 16.7 Å². The van der Waals surface area contributed by atoms with Gasteiger partial charge in [0.2, 0.25) is 11.8 Å². The van der Waals surface area contributed by atoms with Gasteiger partial charge in [-0.05, 0) is 29.1 Å². The number of aromatic nitrogens is 1. The molecule has 0 radical (unpaired) electrons. The van der Waals surface area contributed by atoms with Gasteiger partial charge in [-0.2, -0.15) is 9.83 Å². The average Bonchev–Trinajstić information content (AvgIpc) is 2.84. The molecule has 0 spiro atoms. The van der Waals surface area contributed by atoms with Crippen LogP contribution in [0.4, 0.5) is 4.39 Å². The van der Waals surface area contributed by atoms with E-state index in [1.807, 2.05) is 77.6 Å². The van der Waals surface area contributed by atoms with Crippen LogP contribution in [0, 0.1) is 17.1 Å². The van der Waals surface area contributed by atoms with Crippen molar-refractivity contribution >= 4 is 23.4 Å². The maximum Gasteiger partial charge on any atom is 0.227 e. The molecule has 0 saturated heterocycles. The highest BCUT2D eigenvalue weighted by atomic mass is 32.1. The lowest BCUT2D eigenvalue weighted by molar-refractivity contribution is -0.742. The number of allylic oxidation sites excluding steroid dienone is 1. The van der Waals surface area contributed by atoms with Gasteiger partial charge in [0, 0.05) is 17.0 Å². The Bertz CT molecular complexity index is 1400. The second kappa shape index (κ2) is 8.36. The SMILES string of the molecule is N#CC1=C(S)N[C@](O)(c2ccccc2)[C@H]([n+]2ccc3ccccc3c2)[C@H]1c1ccc(F)cc1. The van der Waals surface area contributed by atoms with Crippen molar-refractivity contribution in [3.8, 4) is 6.07 Å². The Morgan fingerprint density at radius 2 is 1.61 bits per heavy atom. The van der Waals surface area contributed by atoms with Crippen molar-refractivity contribution in [2.75, 3.05) is 0 Å². The largest absolute Gasteiger partial charge is 0.362 e. The molecular weight excluding hydrogens is 433 g/mol. The molecule has 2 heterocycles. The number of thiol groups is 1. The predicted molar refractivity (Wildman–Crippen MR) is 127 cm³/mol. The minimum absolute atomic E-state index is 0.288. The van der Waals surface area contributed by atoms with Gasteiger partial charge in [0.25, 0.3) is 0 Å². The summed E-state index contributed by atoms with van der Waals surface area (Å²) in [4.78, 5) is 0. The number of halogens is 1. The van der Waals surface area contributed by atoms with Crippen LogP contribution in [0.15, 0.2) is 108 Å². The first-order valence-electron chi connectivity index (χ1n) is 10.6. The van der Waals surface area contributed by atoms with Crippen LogP contribution in [0.2, 0.25) is 0 Å². The zero-order valence-corrected chi connectivity index (χ0v) is 18.5. The Morgan fingerprint density at radius 1 is 0.939 bits per heavy atom. The van der Waals surface area contributed by atoms with Crippen LogP contribution in [0.25, 0.3) is 10.8 Å². The number of hydrogen-bond acceptors (Lipinski definition) is 4. The summed E-state index contributed by atoms with van der Waals surface area (Å²) in [5, 5.41) is 27.7. The number of rotatable bonds is 3. The van der Waals surface area contributed by atoms with Crippen LogP contribution in [-0.4, -0.2) is 5.11 Å². The number of nitriles is 1. The maximum absolute atomic E-state index is 13.8. The van der Waals surface area contributed by atoms with E-state index in [9.17, 15) is 14.8 Å². The van der Waals surface area contributed by atoms with Gasteiger partial charge in [-0.1, -0.05) is 60.7 Å². The molecule has 1 aromatic heterocycles. The molecule has 3 atom stereocenters. The summed E-state index contributed by atoms with van der Waals surface area (Å²) in [6.45, 7) is 0. The standard InChI is InChI=1S/C27H20FN3OS/c28-22-12-10-19(11-13-22)24-23(16-29)26(33)30-27(32,21-8-2-1-3-9-21)25(24)31-15-14-18-6-4-5-7-20(18)17-31/h1-15,17,24-25,30,32H/p+1/t24-,25+,27-/m0/s1. The van der Waals surface area contributed by atoms with E-state index in [4.69, 9.17) is 0 Å². The number of hydrogen-bond donors (Lipinski definition) is 3. The number of benzene rings is 3. The monoisotopic (exact) mass is 454 g/mol. The smallest absolute Gasteiger partial charge is 0.227 e. The molecule has 4 nitrogen and oxygen atoms in total. The van der Waals surface area contributed by atoms with Crippen molar-refractivity contribution in [3.63, 3.8) is 0 Å². The lowest BCUT2D eigenvalue weighted by Gasteiger charge is -2.42. The molecule has 0 bridgehead atoms. The molecule has 4 aromatic rings. The van der Waals surface area contributed by atoms with Crippen LogP contribution in [0.3, 0.4) is 0 Å². The lowest BCUT2D eigenvalue weighted by Crippen LogP contribution is -2.62. The highest BCUT2D eigenvalue weighted by Gasteiger charge is 2.55. The molecule has 1 aliphatic rings. The highest BCUT2D eigenvalue weighted by molar-refractivity contribution is 7.84. The number of aliphatic hydroxyl groups is 1. The summed E-state index contributed by atoms with van der Waals surface area (Å²) in [7, 11) is 0. The van der Waals surface area contributed by atoms with Crippen molar-refractivity contribution in [2.24, 2.45) is 0 Å². The summed E-state index contributed by atoms with van der Waals surface area (Å²) in [6, 6.07) is 26.8. The van der Waals surface area contributed by atoms with Crippen LogP contribution >= 0.6 is 12.6 Å². The molecule has 3 aromatic carbocycles. The van der Waals surface area contributed by atoms with Gasteiger partial charge in [-0.25, -0.2) is 4.39 Å².